The van der Waals surface area contributed by atoms with Gasteiger partial charge in [0.1, 0.15) is 0 Å². The number of anilines is 2. The predicted molar refractivity (Wildman–Crippen MR) is 119 cm³/mol. The first-order valence-corrected chi connectivity index (χ1v) is 11.7. The first-order valence-electron chi connectivity index (χ1n) is 9.90. The molecule has 1 amide bonds. The summed E-state index contributed by atoms with van der Waals surface area (Å²) in [6.07, 6.45) is 0. The number of benzene rings is 2. The number of carbonyl (C=O) groups excluding carboxylic acids is 1. The summed E-state index contributed by atoms with van der Waals surface area (Å²) in [4.78, 5) is 15.1. The standard InChI is InChI=1S/C21H26ClN3O4S/c1-3-25(4-2)30(27,28)18-8-9-20(24-10-12-29-13-11-24)19(15-18)23-21(26)16-6-5-7-17(22)14-16/h5-9,14-15H,3-4,10-13H2,1-2H3,(H,23,26). The van der Waals surface area contributed by atoms with Crippen LogP contribution in [0.1, 0.15) is 24.2 Å². The van der Waals surface area contributed by atoms with Crippen molar-refractivity contribution in [1.29, 1.82) is 0 Å². The molecule has 0 atom stereocenters. The summed E-state index contributed by atoms with van der Waals surface area (Å²) in [6.45, 7) is 6.78. The fourth-order valence-corrected chi connectivity index (χ4v) is 5.07. The molecular weight excluding hydrogens is 426 g/mol. The molecule has 1 aliphatic rings. The van der Waals surface area contributed by atoms with E-state index in [0.717, 1.165) is 5.69 Å². The van der Waals surface area contributed by atoms with Gasteiger partial charge in [0.05, 0.1) is 29.5 Å². The highest BCUT2D eigenvalue weighted by Crippen LogP contribution is 2.31. The number of ether oxygens (including phenoxy) is 1. The van der Waals surface area contributed by atoms with Gasteiger partial charge in [0.15, 0.2) is 0 Å². The quantitative estimate of drug-likeness (QED) is 0.697. The Labute approximate surface area is 182 Å². The van der Waals surface area contributed by atoms with Gasteiger partial charge in [0.25, 0.3) is 5.91 Å². The third-order valence-corrected chi connectivity index (χ3v) is 7.28. The van der Waals surface area contributed by atoms with E-state index in [1.54, 1.807) is 50.2 Å². The number of morpholine rings is 1. The molecule has 1 saturated heterocycles. The maximum atomic E-state index is 13.0. The van der Waals surface area contributed by atoms with Gasteiger partial charge in [0, 0.05) is 36.8 Å². The van der Waals surface area contributed by atoms with E-state index >= 15 is 0 Å². The number of rotatable bonds is 7. The number of carbonyl (C=O) groups is 1. The van der Waals surface area contributed by atoms with Crippen LogP contribution in [0.15, 0.2) is 47.4 Å². The van der Waals surface area contributed by atoms with E-state index in [0.29, 0.717) is 55.7 Å². The monoisotopic (exact) mass is 451 g/mol. The molecule has 0 aliphatic carbocycles. The van der Waals surface area contributed by atoms with E-state index in [-0.39, 0.29) is 10.8 Å². The molecule has 30 heavy (non-hydrogen) atoms. The molecule has 2 aromatic rings. The average Bonchev–Trinajstić information content (AvgIpc) is 2.75. The van der Waals surface area contributed by atoms with Gasteiger partial charge in [-0.05, 0) is 36.4 Å². The number of nitrogens with zero attached hydrogens (tertiary/aromatic N) is 2. The van der Waals surface area contributed by atoms with Crippen molar-refractivity contribution in [2.75, 3.05) is 49.6 Å². The summed E-state index contributed by atoms with van der Waals surface area (Å²) in [5, 5.41) is 3.33. The van der Waals surface area contributed by atoms with Gasteiger partial charge in [-0.25, -0.2) is 8.42 Å². The minimum absolute atomic E-state index is 0.143. The maximum Gasteiger partial charge on any atom is 0.255 e. The number of hydrogen-bond acceptors (Lipinski definition) is 5. The first-order chi connectivity index (χ1) is 14.4. The van der Waals surface area contributed by atoms with Crippen LogP contribution >= 0.6 is 11.6 Å². The highest BCUT2D eigenvalue weighted by Gasteiger charge is 2.25. The molecule has 1 N–H and O–H groups in total. The molecule has 1 fully saturated rings. The Morgan fingerprint density at radius 1 is 1.13 bits per heavy atom. The number of halogens is 1. The van der Waals surface area contributed by atoms with Gasteiger partial charge in [-0.1, -0.05) is 31.5 Å². The van der Waals surface area contributed by atoms with Crippen molar-refractivity contribution in [2.45, 2.75) is 18.7 Å². The van der Waals surface area contributed by atoms with Crippen molar-refractivity contribution in [1.82, 2.24) is 4.31 Å². The van der Waals surface area contributed by atoms with Gasteiger partial charge in [-0.2, -0.15) is 4.31 Å². The second kappa shape index (κ2) is 9.78. The lowest BCUT2D eigenvalue weighted by atomic mass is 10.2. The maximum absolute atomic E-state index is 13.0. The van der Waals surface area contributed by atoms with Gasteiger partial charge in [-0.15, -0.1) is 0 Å². The third kappa shape index (κ3) is 4.95. The molecule has 3 rings (SSSR count). The SMILES string of the molecule is CCN(CC)S(=O)(=O)c1ccc(N2CCOCC2)c(NC(=O)c2cccc(Cl)c2)c1. The van der Waals surface area contributed by atoms with Crippen LogP contribution in [0.4, 0.5) is 11.4 Å². The summed E-state index contributed by atoms with van der Waals surface area (Å²) in [5.74, 6) is -0.357. The van der Waals surface area contributed by atoms with E-state index in [1.807, 2.05) is 0 Å². The zero-order chi connectivity index (χ0) is 21.7. The molecule has 0 aromatic heterocycles. The molecule has 0 radical (unpaired) electrons. The van der Waals surface area contributed by atoms with E-state index in [1.165, 1.54) is 10.4 Å². The molecule has 0 bridgehead atoms. The normalized spacial score (nSPS) is 14.7. The van der Waals surface area contributed by atoms with Crippen LogP contribution in [0.25, 0.3) is 0 Å². The molecule has 1 heterocycles. The summed E-state index contributed by atoms with van der Waals surface area (Å²) < 4.78 is 32.8. The lowest BCUT2D eigenvalue weighted by molar-refractivity contribution is 0.102. The zero-order valence-corrected chi connectivity index (χ0v) is 18.7. The third-order valence-electron chi connectivity index (χ3n) is 5.00. The minimum Gasteiger partial charge on any atom is -0.378 e. The van der Waals surface area contributed by atoms with E-state index in [4.69, 9.17) is 16.3 Å². The smallest absolute Gasteiger partial charge is 0.255 e. The Morgan fingerprint density at radius 3 is 2.47 bits per heavy atom. The van der Waals surface area contributed by atoms with Crippen molar-refractivity contribution < 1.29 is 17.9 Å². The zero-order valence-electron chi connectivity index (χ0n) is 17.1. The van der Waals surface area contributed by atoms with E-state index < -0.39 is 10.0 Å². The summed E-state index contributed by atoms with van der Waals surface area (Å²) >= 11 is 6.01. The van der Waals surface area contributed by atoms with Crippen molar-refractivity contribution >= 4 is 38.9 Å². The van der Waals surface area contributed by atoms with Crippen LogP contribution in [-0.2, 0) is 14.8 Å². The second-order valence-electron chi connectivity index (χ2n) is 6.83. The second-order valence-corrected chi connectivity index (χ2v) is 9.21. The van der Waals surface area contributed by atoms with E-state index in [2.05, 4.69) is 10.2 Å². The van der Waals surface area contributed by atoms with Crippen molar-refractivity contribution in [3.8, 4) is 0 Å². The minimum atomic E-state index is -3.66. The van der Waals surface area contributed by atoms with Crippen molar-refractivity contribution in [3.05, 3.63) is 53.1 Å². The van der Waals surface area contributed by atoms with E-state index in [9.17, 15) is 13.2 Å². The van der Waals surface area contributed by atoms with Crippen LogP contribution < -0.4 is 10.2 Å². The summed E-state index contributed by atoms with van der Waals surface area (Å²) in [5.41, 5.74) is 1.59. The fourth-order valence-electron chi connectivity index (χ4n) is 3.39. The van der Waals surface area contributed by atoms with Crippen LogP contribution in [-0.4, -0.2) is 58.0 Å². The lowest BCUT2D eigenvalue weighted by Crippen LogP contribution is -2.37. The van der Waals surface area contributed by atoms with Crippen molar-refractivity contribution in [3.63, 3.8) is 0 Å². The number of hydrogen-bond donors (Lipinski definition) is 1. The largest absolute Gasteiger partial charge is 0.378 e. The molecule has 0 unspecified atom stereocenters. The topological polar surface area (TPSA) is 79.0 Å². The molecule has 2 aromatic carbocycles. The number of amides is 1. The van der Waals surface area contributed by atoms with Crippen LogP contribution in [0.3, 0.4) is 0 Å². The van der Waals surface area contributed by atoms with Crippen LogP contribution in [0.5, 0.6) is 0 Å². The number of sulfonamides is 1. The predicted octanol–water partition coefficient (Wildman–Crippen LogP) is 3.46. The Bertz CT molecular complexity index is 1000. The van der Waals surface area contributed by atoms with Crippen LogP contribution in [0, 0.1) is 0 Å². The average molecular weight is 452 g/mol. The summed E-state index contributed by atoms with van der Waals surface area (Å²) in [6, 6.07) is 11.5. The van der Waals surface area contributed by atoms with Crippen molar-refractivity contribution in [2.24, 2.45) is 0 Å². The molecule has 9 heteroatoms. The Kier molecular flexibility index (Phi) is 7.36. The summed E-state index contributed by atoms with van der Waals surface area (Å²) in [7, 11) is -3.66. The fraction of sp³-hybridized carbons (Fsp3) is 0.381. The molecular formula is C21H26ClN3O4S. The Morgan fingerprint density at radius 2 is 1.83 bits per heavy atom. The molecule has 0 saturated carbocycles. The lowest BCUT2D eigenvalue weighted by Gasteiger charge is -2.31. The molecule has 0 spiro atoms. The van der Waals surface area contributed by atoms with Gasteiger partial charge in [0.2, 0.25) is 10.0 Å². The molecule has 7 nitrogen and oxygen atoms in total. The highest BCUT2D eigenvalue weighted by molar-refractivity contribution is 7.89. The van der Waals surface area contributed by atoms with Crippen LogP contribution in [0.2, 0.25) is 5.02 Å². The first kappa shape index (κ1) is 22.6. The Balaban J connectivity index is 2.01. The van der Waals surface area contributed by atoms with Gasteiger partial charge in [-0.3, -0.25) is 4.79 Å². The number of nitrogens with one attached hydrogen (secondary N) is 1. The van der Waals surface area contributed by atoms with Gasteiger partial charge >= 0.3 is 0 Å². The Hall–Kier alpha value is -2.13. The molecule has 162 valence electrons. The van der Waals surface area contributed by atoms with Gasteiger partial charge < -0.3 is 15.0 Å². The highest BCUT2D eigenvalue weighted by atomic mass is 35.5. The molecule has 1 aliphatic heterocycles.